The lowest BCUT2D eigenvalue weighted by molar-refractivity contribution is -0.438. The van der Waals surface area contributed by atoms with Crippen LogP contribution in [0.2, 0.25) is 0 Å². The summed E-state index contributed by atoms with van der Waals surface area (Å²) in [5.74, 6) is -0.498. The zero-order valence-corrected chi connectivity index (χ0v) is 28.2. The predicted octanol–water partition coefficient (Wildman–Crippen LogP) is 7.00. The van der Waals surface area contributed by atoms with Gasteiger partial charge in [-0.15, -0.1) is 0 Å². The molecule has 2 heterocycles. The quantitative estimate of drug-likeness (QED) is 0.104. The molecule has 0 N–H and O–H groups in total. The van der Waals surface area contributed by atoms with Crippen LogP contribution < -0.4 is 4.90 Å². The first-order chi connectivity index (χ1) is 20.6. The van der Waals surface area contributed by atoms with E-state index in [1.807, 2.05) is 32.9 Å². The maximum atomic E-state index is 12.5. The van der Waals surface area contributed by atoms with Gasteiger partial charge in [0, 0.05) is 53.2 Å². The van der Waals surface area contributed by atoms with Crippen LogP contribution in [-0.2, 0) is 30.5 Å². The van der Waals surface area contributed by atoms with Gasteiger partial charge in [0.25, 0.3) is 0 Å². The second-order valence-electron chi connectivity index (χ2n) is 13.6. The SMILES string of the molecule is CCC(C)(C)C(=O)OCCC[N+]1=C(C=CC=C2N(CCCCS(=O)(=O)[O-])c3ccccc3C2(C)C)C(C)(C)c2ccccc21. The topological polar surface area (TPSA) is 89.8 Å². The molecule has 2 aliphatic heterocycles. The van der Waals surface area contributed by atoms with Gasteiger partial charge in [0.2, 0.25) is 5.69 Å². The molecule has 4 rings (SSSR count). The lowest BCUT2D eigenvalue weighted by Crippen LogP contribution is -2.29. The van der Waals surface area contributed by atoms with Gasteiger partial charge in [0.05, 0.1) is 27.6 Å². The minimum atomic E-state index is -4.23. The first kappa shape index (κ1) is 33.7. The number of carbonyl (C=O) groups is 1. The highest BCUT2D eigenvalue weighted by Gasteiger charge is 2.44. The molecule has 0 atom stereocenters. The van der Waals surface area contributed by atoms with E-state index in [9.17, 15) is 17.8 Å². The summed E-state index contributed by atoms with van der Waals surface area (Å²) >= 11 is 0. The fraction of sp³-hybridized carbons (Fsp3) is 0.500. The van der Waals surface area contributed by atoms with E-state index in [0.717, 1.165) is 24.4 Å². The van der Waals surface area contributed by atoms with Gasteiger partial charge in [-0.3, -0.25) is 4.79 Å². The van der Waals surface area contributed by atoms with E-state index >= 15 is 0 Å². The Kier molecular flexibility index (Phi) is 9.96. The number of rotatable bonds is 13. The van der Waals surface area contributed by atoms with Gasteiger partial charge < -0.3 is 14.2 Å². The van der Waals surface area contributed by atoms with Crippen molar-refractivity contribution < 1.29 is 27.1 Å². The van der Waals surface area contributed by atoms with E-state index in [4.69, 9.17) is 4.74 Å². The molecule has 0 saturated heterocycles. The second-order valence-corrected chi connectivity index (χ2v) is 15.1. The molecule has 2 aliphatic rings. The highest BCUT2D eigenvalue weighted by atomic mass is 32.2. The Labute approximate surface area is 264 Å². The molecule has 0 spiro atoms. The number of carbonyl (C=O) groups excluding carboxylic acids is 1. The number of benzene rings is 2. The van der Waals surface area contributed by atoms with E-state index in [2.05, 4.69) is 91.8 Å². The highest BCUT2D eigenvalue weighted by Crippen LogP contribution is 2.48. The van der Waals surface area contributed by atoms with Gasteiger partial charge in [-0.1, -0.05) is 63.2 Å². The molecule has 44 heavy (non-hydrogen) atoms. The average Bonchev–Trinajstić information content (AvgIpc) is 3.31. The van der Waals surface area contributed by atoms with E-state index in [-0.39, 0.29) is 22.6 Å². The Bertz CT molecular complexity index is 1580. The van der Waals surface area contributed by atoms with Crippen LogP contribution in [0.15, 0.2) is 72.5 Å². The number of hydrogen-bond donors (Lipinski definition) is 0. The predicted molar refractivity (Wildman–Crippen MR) is 177 cm³/mol. The number of nitrogens with zero attached hydrogens (tertiary/aromatic N) is 2. The van der Waals surface area contributed by atoms with E-state index in [1.54, 1.807) is 0 Å². The van der Waals surface area contributed by atoms with Crippen molar-refractivity contribution in [3.63, 3.8) is 0 Å². The number of hydrogen-bond acceptors (Lipinski definition) is 6. The zero-order chi connectivity index (χ0) is 32.3. The molecule has 0 amide bonds. The number of ether oxygens (including phenoxy) is 1. The third-order valence-corrected chi connectivity index (χ3v) is 10.1. The number of para-hydroxylation sites is 2. The van der Waals surface area contributed by atoms with Crippen molar-refractivity contribution >= 4 is 33.2 Å². The van der Waals surface area contributed by atoms with Gasteiger partial charge in [-0.05, 0) is 64.7 Å². The molecule has 7 nitrogen and oxygen atoms in total. The van der Waals surface area contributed by atoms with Crippen LogP contribution in [0.25, 0.3) is 0 Å². The molecule has 8 heteroatoms. The summed E-state index contributed by atoms with van der Waals surface area (Å²) in [5, 5.41) is 0. The average molecular weight is 621 g/mol. The molecule has 0 saturated carbocycles. The molecule has 0 aliphatic carbocycles. The minimum absolute atomic E-state index is 0.155. The van der Waals surface area contributed by atoms with E-state index < -0.39 is 15.5 Å². The normalized spacial score (nSPS) is 18.3. The summed E-state index contributed by atoms with van der Waals surface area (Å²) in [4.78, 5) is 14.8. The number of esters is 1. The number of allylic oxidation sites excluding steroid dienone is 4. The minimum Gasteiger partial charge on any atom is -0.748 e. The van der Waals surface area contributed by atoms with Crippen LogP contribution in [0.5, 0.6) is 0 Å². The molecule has 0 aromatic heterocycles. The third kappa shape index (κ3) is 7.02. The van der Waals surface area contributed by atoms with Crippen molar-refractivity contribution in [3.05, 3.63) is 83.6 Å². The highest BCUT2D eigenvalue weighted by molar-refractivity contribution is 7.85. The molecule has 2 aromatic rings. The Balaban J connectivity index is 1.61. The molecule has 2 aromatic carbocycles. The van der Waals surface area contributed by atoms with Crippen LogP contribution in [-0.4, -0.2) is 54.7 Å². The van der Waals surface area contributed by atoms with E-state index in [1.165, 1.54) is 22.5 Å². The van der Waals surface area contributed by atoms with Crippen molar-refractivity contribution in [3.8, 4) is 0 Å². The van der Waals surface area contributed by atoms with Crippen molar-refractivity contribution in [2.45, 2.75) is 85.0 Å². The Morgan fingerprint density at radius 2 is 1.64 bits per heavy atom. The van der Waals surface area contributed by atoms with Crippen molar-refractivity contribution in [1.82, 2.24) is 0 Å². The number of anilines is 1. The molecule has 0 bridgehead atoms. The summed E-state index contributed by atoms with van der Waals surface area (Å²) < 4.78 is 41.5. The van der Waals surface area contributed by atoms with Crippen molar-refractivity contribution in [2.24, 2.45) is 5.41 Å². The van der Waals surface area contributed by atoms with E-state index in [0.29, 0.717) is 32.4 Å². The summed E-state index contributed by atoms with van der Waals surface area (Å²) in [6, 6.07) is 16.8. The smallest absolute Gasteiger partial charge is 0.311 e. The maximum Gasteiger partial charge on any atom is 0.311 e. The van der Waals surface area contributed by atoms with Crippen LogP contribution in [0.1, 0.15) is 85.3 Å². The standard InChI is InChI=1S/C36H48N2O5S/c1-8-34(2,3)33(39)43-25-16-24-38-30-20-12-10-18-28(30)36(6,7)32(38)22-15-21-31-35(4,5)27-17-9-11-19-29(27)37(31)23-13-14-26-44(40,41)42/h9-12,15,17-22H,8,13-14,16,23-26H2,1-7H3. The molecule has 0 fully saturated rings. The van der Waals surface area contributed by atoms with Gasteiger partial charge in [0.1, 0.15) is 0 Å². The molecular formula is C36H48N2O5S. The lowest BCUT2D eigenvalue weighted by atomic mass is 9.81. The van der Waals surface area contributed by atoms with Crippen LogP contribution >= 0.6 is 0 Å². The number of unbranched alkanes of at least 4 members (excludes halogenated alkanes) is 1. The Morgan fingerprint density at radius 3 is 2.32 bits per heavy atom. The maximum absolute atomic E-state index is 12.5. The molecule has 0 unspecified atom stereocenters. The summed E-state index contributed by atoms with van der Waals surface area (Å²) in [5.41, 5.74) is 6.14. The fourth-order valence-corrected chi connectivity index (χ4v) is 6.83. The van der Waals surface area contributed by atoms with Gasteiger partial charge in [0.15, 0.2) is 12.3 Å². The largest absolute Gasteiger partial charge is 0.748 e. The summed E-state index contributed by atoms with van der Waals surface area (Å²) in [7, 11) is -4.23. The first-order valence-electron chi connectivity index (χ1n) is 15.7. The Morgan fingerprint density at radius 1 is 0.977 bits per heavy atom. The van der Waals surface area contributed by atoms with Gasteiger partial charge in [-0.2, -0.15) is 4.58 Å². The van der Waals surface area contributed by atoms with Crippen LogP contribution in [0.3, 0.4) is 0 Å². The van der Waals surface area contributed by atoms with Crippen LogP contribution in [0, 0.1) is 5.41 Å². The molecule has 238 valence electrons. The fourth-order valence-electron chi connectivity index (χ4n) is 6.27. The summed E-state index contributed by atoms with van der Waals surface area (Å²) in [6.45, 7) is 16.5. The molecular weight excluding hydrogens is 572 g/mol. The van der Waals surface area contributed by atoms with Gasteiger partial charge in [-0.25, -0.2) is 8.42 Å². The first-order valence-corrected chi connectivity index (χ1v) is 17.3. The van der Waals surface area contributed by atoms with Crippen molar-refractivity contribution in [2.75, 3.05) is 30.3 Å². The van der Waals surface area contributed by atoms with Gasteiger partial charge >= 0.3 is 5.97 Å². The monoisotopic (exact) mass is 620 g/mol. The number of fused-ring (bicyclic) bond motifs is 2. The zero-order valence-electron chi connectivity index (χ0n) is 27.4. The molecule has 0 radical (unpaired) electrons. The summed E-state index contributed by atoms with van der Waals surface area (Å²) in [6.07, 6.45) is 8.86. The second kappa shape index (κ2) is 13.0. The van der Waals surface area contributed by atoms with Crippen molar-refractivity contribution in [1.29, 1.82) is 0 Å². The van der Waals surface area contributed by atoms with Crippen LogP contribution in [0.4, 0.5) is 11.4 Å². The third-order valence-electron chi connectivity index (χ3n) is 9.33. The Hall–Kier alpha value is -3.23. The lowest BCUT2D eigenvalue weighted by Gasteiger charge is -2.27.